The van der Waals surface area contributed by atoms with Gasteiger partial charge in [0.1, 0.15) is 0 Å². The molecule has 2 aliphatic rings. The maximum absolute atomic E-state index is 13.3. The first-order valence-corrected chi connectivity index (χ1v) is 11.9. The Hall–Kier alpha value is -2.75. The maximum atomic E-state index is 13.3. The summed E-state index contributed by atoms with van der Waals surface area (Å²) < 4.78 is 44.6. The molecule has 2 fully saturated rings. The van der Waals surface area contributed by atoms with Crippen LogP contribution in [-0.2, 0) is 10.9 Å². The predicted molar refractivity (Wildman–Crippen MR) is 123 cm³/mol. The van der Waals surface area contributed by atoms with Crippen LogP contribution in [0.1, 0.15) is 48.9 Å². The van der Waals surface area contributed by atoms with Crippen molar-refractivity contribution in [2.75, 3.05) is 57.4 Å². The van der Waals surface area contributed by atoms with Crippen LogP contribution in [0.25, 0.3) is 0 Å². The Labute approximate surface area is 197 Å². The summed E-state index contributed by atoms with van der Waals surface area (Å²) in [5.41, 5.74) is 1.08. The second-order valence-electron chi connectivity index (χ2n) is 8.89. The van der Waals surface area contributed by atoms with Gasteiger partial charge in [0.25, 0.3) is 0 Å². The highest BCUT2D eigenvalue weighted by Gasteiger charge is 2.36. The van der Waals surface area contributed by atoms with Gasteiger partial charge in [0, 0.05) is 62.9 Å². The van der Waals surface area contributed by atoms with E-state index in [2.05, 4.69) is 28.9 Å². The van der Waals surface area contributed by atoms with Crippen LogP contribution in [-0.4, -0.2) is 78.5 Å². The van der Waals surface area contributed by atoms with Crippen LogP contribution in [0, 0.1) is 0 Å². The van der Waals surface area contributed by atoms with Gasteiger partial charge in [-0.2, -0.15) is 18.3 Å². The lowest BCUT2D eigenvalue weighted by Gasteiger charge is -2.41. The number of carbonyl (C=O) groups excluding carboxylic acids is 1. The van der Waals surface area contributed by atoms with Gasteiger partial charge in [-0.3, -0.25) is 5.10 Å². The monoisotopic (exact) mass is 479 g/mol. The maximum Gasteiger partial charge on any atom is 0.416 e. The fourth-order valence-electron chi connectivity index (χ4n) is 4.87. The molecule has 2 amide bonds. The smallest absolute Gasteiger partial charge is 0.378 e. The summed E-state index contributed by atoms with van der Waals surface area (Å²) >= 11 is 0. The summed E-state index contributed by atoms with van der Waals surface area (Å²) in [5.74, 6) is 0.789. The number of rotatable bonds is 5. The van der Waals surface area contributed by atoms with Gasteiger partial charge in [-0.1, -0.05) is 12.1 Å². The Kier molecular flexibility index (Phi) is 7.35. The van der Waals surface area contributed by atoms with Crippen LogP contribution >= 0.6 is 0 Å². The van der Waals surface area contributed by atoms with Gasteiger partial charge in [-0.05, 0) is 38.0 Å². The highest BCUT2D eigenvalue weighted by Crippen LogP contribution is 2.38. The normalized spacial score (nSPS) is 21.6. The van der Waals surface area contributed by atoms with Crippen molar-refractivity contribution in [3.8, 4) is 0 Å². The van der Waals surface area contributed by atoms with E-state index in [-0.39, 0.29) is 17.9 Å². The minimum Gasteiger partial charge on any atom is -0.378 e. The quantitative estimate of drug-likeness (QED) is 0.695. The van der Waals surface area contributed by atoms with E-state index in [0.29, 0.717) is 39.4 Å². The molecular formula is C24H32F3N5O2. The topological polar surface area (TPSA) is 64.7 Å². The van der Waals surface area contributed by atoms with E-state index >= 15 is 0 Å². The second kappa shape index (κ2) is 10.2. The third-order valence-corrected chi connectivity index (χ3v) is 6.82. The van der Waals surface area contributed by atoms with Crippen LogP contribution < -0.4 is 4.90 Å². The van der Waals surface area contributed by atoms with Crippen molar-refractivity contribution in [1.82, 2.24) is 20.0 Å². The Balaban J connectivity index is 1.59. The van der Waals surface area contributed by atoms with E-state index in [1.54, 1.807) is 17.0 Å². The second-order valence-corrected chi connectivity index (χ2v) is 8.89. The molecule has 0 spiro atoms. The number of hydrogen-bond donors (Lipinski definition) is 1. The van der Waals surface area contributed by atoms with E-state index in [1.165, 1.54) is 0 Å². The molecule has 0 aliphatic carbocycles. The van der Waals surface area contributed by atoms with Crippen LogP contribution in [0.2, 0.25) is 0 Å². The van der Waals surface area contributed by atoms with E-state index < -0.39 is 11.7 Å². The predicted octanol–water partition coefficient (Wildman–Crippen LogP) is 4.30. The molecule has 7 nitrogen and oxygen atoms in total. The molecule has 2 atom stereocenters. The molecule has 2 aliphatic heterocycles. The van der Waals surface area contributed by atoms with Crippen molar-refractivity contribution >= 4 is 11.8 Å². The van der Waals surface area contributed by atoms with Gasteiger partial charge in [0.15, 0.2) is 5.82 Å². The van der Waals surface area contributed by atoms with Crippen molar-refractivity contribution in [2.24, 2.45) is 0 Å². The molecule has 0 bridgehead atoms. The van der Waals surface area contributed by atoms with Crippen molar-refractivity contribution in [1.29, 1.82) is 0 Å². The third kappa shape index (κ3) is 5.32. The van der Waals surface area contributed by atoms with Gasteiger partial charge in [-0.15, -0.1) is 0 Å². The standard InChI is InChI=1S/C24H32F3N5O2/c1-3-30(4-2)22-14-21(28-29-22)19-13-18(17-5-7-20(8-6-17)24(25,26)27)15-32(16-19)23(33)31-9-11-34-12-10-31/h5-8,14,18-19H,3-4,9-13,15-16H2,1-2H3,(H,28,29). The van der Waals surface area contributed by atoms with E-state index in [1.807, 2.05) is 11.0 Å². The van der Waals surface area contributed by atoms with Crippen LogP contribution in [0.15, 0.2) is 30.3 Å². The number of nitrogens with one attached hydrogen (secondary N) is 1. The Morgan fingerprint density at radius 1 is 1.09 bits per heavy atom. The Bertz CT molecular complexity index is 952. The number of carbonyl (C=O) groups is 1. The number of aromatic amines is 1. The summed E-state index contributed by atoms with van der Waals surface area (Å²) in [7, 11) is 0. The highest BCUT2D eigenvalue weighted by molar-refractivity contribution is 5.75. The zero-order chi connectivity index (χ0) is 24.3. The minimum atomic E-state index is -4.37. The number of hydrogen-bond acceptors (Lipinski definition) is 4. The van der Waals surface area contributed by atoms with Gasteiger partial charge in [0.2, 0.25) is 0 Å². The SMILES string of the molecule is CCN(CC)c1cc(C2CC(c3ccc(C(F)(F)F)cc3)CN(C(=O)N3CCOCC3)C2)[nH]n1. The molecular weight excluding hydrogens is 447 g/mol. The number of halogens is 3. The van der Waals surface area contributed by atoms with E-state index in [4.69, 9.17) is 4.74 Å². The van der Waals surface area contributed by atoms with Crippen LogP contribution in [0.5, 0.6) is 0 Å². The first kappa shape index (κ1) is 24.4. The highest BCUT2D eigenvalue weighted by atomic mass is 19.4. The van der Waals surface area contributed by atoms with Crippen molar-refractivity contribution in [3.63, 3.8) is 0 Å². The number of H-pyrrole nitrogens is 1. The molecule has 0 radical (unpaired) electrons. The average Bonchev–Trinajstić information content (AvgIpc) is 3.34. The molecule has 3 heterocycles. The molecule has 1 N–H and O–H groups in total. The average molecular weight is 480 g/mol. The van der Waals surface area contributed by atoms with Crippen LogP contribution in [0.3, 0.4) is 0 Å². The summed E-state index contributed by atoms with van der Waals surface area (Å²) in [6, 6.07) is 7.32. The number of morpholine rings is 1. The number of piperidine rings is 1. The Morgan fingerprint density at radius 2 is 1.74 bits per heavy atom. The third-order valence-electron chi connectivity index (χ3n) is 6.82. The minimum absolute atomic E-state index is 0.00263. The van der Waals surface area contributed by atoms with Gasteiger partial charge >= 0.3 is 12.2 Å². The van der Waals surface area contributed by atoms with Crippen molar-refractivity contribution in [3.05, 3.63) is 47.2 Å². The van der Waals surface area contributed by atoms with Crippen molar-refractivity contribution in [2.45, 2.75) is 38.3 Å². The molecule has 2 aromatic rings. The number of nitrogens with zero attached hydrogens (tertiary/aromatic N) is 4. The summed E-state index contributed by atoms with van der Waals surface area (Å²) in [5, 5.41) is 7.63. The van der Waals surface area contributed by atoms with Gasteiger partial charge < -0.3 is 19.4 Å². The lowest BCUT2D eigenvalue weighted by molar-refractivity contribution is -0.137. The zero-order valence-corrected chi connectivity index (χ0v) is 19.6. The molecule has 1 aromatic heterocycles. The largest absolute Gasteiger partial charge is 0.416 e. The number of alkyl halides is 3. The van der Waals surface area contributed by atoms with Gasteiger partial charge in [0.05, 0.1) is 18.8 Å². The van der Waals surface area contributed by atoms with Crippen molar-refractivity contribution < 1.29 is 22.7 Å². The number of anilines is 1. The van der Waals surface area contributed by atoms with E-state index in [9.17, 15) is 18.0 Å². The fraction of sp³-hybridized carbons (Fsp3) is 0.583. The molecule has 2 saturated heterocycles. The number of ether oxygens (including phenoxy) is 1. The summed E-state index contributed by atoms with van der Waals surface area (Å²) in [6.45, 7) is 8.93. The number of likely N-dealkylation sites (tertiary alicyclic amines) is 1. The molecule has 34 heavy (non-hydrogen) atoms. The molecule has 4 rings (SSSR count). The molecule has 10 heteroatoms. The summed E-state index contributed by atoms with van der Waals surface area (Å²) in [4.78, 5) is 19.1. The van der Waals surface area contributed by atoms with Crippen LogP contribution in [0.4, 0.5) is 23.8 Å². The number of aromatic nitrogens is 2. The lowest BCUT2D eigenvalue weighted by Crippen LogP contribution is -2.52. The Morgan fingerprint density at radius 3 is 2.35 bits per heavy atom. The summed E-state index contributed by atoms with van der Waals surface area (Å²) in [6.07, 6.45) is -3.65. The molecule has 1 aromatic carbocycles. The molecule has 0 saturated carbocycles. The zero-order valence-electron chi connectivity index (χ0n) is 19.6. The number of amides is 2. The fourth-order valence-corrected chi connectivity index (χ4v) is 4.87. The van der Waals surface area contributed by atoms with Gasteiger partial charge in [-0.25, -0.2) is 4.79 Å². The first-order chi connectivity index (χ1) is 16.3. The number of urea groups is 1. The first-order valence-electron chi connectivity index (χ1n) is 11.9. The molecule has 186 valence electrons. The number of benzene rings is 1. The van der Waals surface area contributed by atoms with E-state index in [0.717, 1.165) is 48.7 Å². The molecule has 2 unspecified atom stereocenters. The lowest BCUT2D eigenvalue weighted by atomic mass is 9.83.